The average Bonchev–Trinajstić information content (AvgIpc) is 2.10. The van der Waals surface area contributed by atoms with Crippen molar-refractivity contribution in [3.63, 3.8) is 0 Å². The lowest BCUT2D eigenvalue weighted by molar-refractivity contribution is -0.123. The van der Waals surface area contributed by atoms with E-state index in [9.17, 15) is 4.79 Å². The number of rotatable bonds is 6. The SMILES string of the molecule is CCCNC(CC(C)C)C(=O)NC. The molecule has 0 spiro atoms. The third-order valence-electron chi connectivity index (χ3n) is 1.91. The fourth-order valence-corrected chi connectivity index (χ4v) is 1.25. The number of likely N-dealkylation sites (N-methyl/N-ethyl adjacent to an activating group) is 1. The minimum atomic E-state index is -0.0232. The minimum absolute atomic E-state index is 0.0232. The molecule has 0 aromatic rings. The number of carbonyl (C=O) groups is 1. The first-order valence-corrected chi connectivity index (χ1v) is 5.06. The van der Waals surface area contributed by atoms with Gasteiger partial charge in [-0.25, -0.2) is 0 Å². The van der Waals surface area contributed by atoms with Crippen molar-refractivity contribution in [1.29, 1.82) is 0 Å². The van der Waals surface area contributed by atoms with Gasteiger partial charge in [0, 0.05) is 7.05 Å². The summed E-state index contributed by atoms with van der Waals surface area (Å²) in [6.07, 6.45) is 1.96. The zero-order chi connectivity index (χ0) is 10.3. The molecular formula is C10H22N2O. The zero-order valence-electron chi connectivity index (χ0n) is 9.18. The van der Waals surface area contributed by atoms with Crippen LogP contribution in [0.15, 0.2) is 0 Å². The maximum Gasteiger partial charge on any atom is 0.236 e. The van der Waals surface area contributed by atoms with Crippen molar-refractivity contribution in [2.45, 2.75) is 39.7 Å². The quantitative estimate of drug-likeness (QED) is 0.653. The van der Waals surface area contributed by atoms with Crippen LogP contribution < -0.4 is 10.6 Å². The van der Waals surface area contributed by atoms with Crippen molar-refractivity contribution in [3.8, 4) is 0 Å². The molecule has 0 aliphatic rings. The highest BCUT2D eigenvalue weighted by Gasteiger charge is 2.16. The van der Waals surface area contributed by atoms with Gasteiger partial charge in [-0.2, -0.15) is 0 Å². The summed E-state index contributed by atoms with van der Waals surface area (Å²) >= 11 is 0. The van der Waals surface area contributed by atoms with E-state index in [2.05, 4.69) is 31.4 Å². The number of hydrogen-bond acceptors (Lipinski definition) is 2. The number of nitrogens with one attached hydrogen (secondary N) is 2. The fraction of sp³-hybridized carbons (Fsp3) is 0.900. The first-order chi connectivity index (χ1) is 6.11. The molecule has 0 fully saturated rings. The molecule has 0 aromatic heterocycles. The van der Waals surface area contributed by atoms with Crippen LogP contribution >= 0.6 is 0 Å². The lowest BCUT2D eigenvalue weighted by atomic mass is 10.0. The first kappa shape index (κ1) is 12.4. The summed E-state index contributed by atoms with van der Waals surface area (Å²) in [5, 5.41) is 5.92. The summed E-state index contributed by atoms with van der Waals surface area (Å²) < 4.78 is 0. The molecule has 13 heavy (non-hydrogen) atoms. The summed E-state index contributed by atoms with van der Waals surface area (Å²) in [5.41, 5.74) is 0. The highest BCUT2D eigenvalue weighted by molar-refractivity contribution is 5.81. The maximum atomic E-state index is 11.4. The largest absolute Gasteiger partial charge is 0.358 e. The number of hydrogen-bond donors (Lipinski definition) is 2. The molecule has 0 bridgehead atoms. The Bertz CT molecular complexity index is 146. The van der Waals surface area contributed by atoms with E-state index in [0.717, 1.165) is 19.4 Å². The van der Waals surface area contributed by atoms with Crippen LogP contribution in [0.5, 0.6) is 0 Å². The third-order valence-corrected chi connectivity index (χ3v) is 1.91. The molecule has 3 nitrogen and oxygen atoms in total. The number of amides is 1. The van der Waals surface area contributed by atoms with Gasteiger partial charge in [0.1, 0.15) is 0 Å². The van der Waals surface area contributed by atoms with Gasteiger partial charge in [0.15, 0.2) is 0 Å². The predicted molar refractivity (Wildman–Crippen MR) is 55.6 cm³/mol. The Hall–Kier alpha value is -0.570. The molecule has 2 N–H and O–H groups in total. The van der Waals surface area contributed by atoms with Gasteiger partial charge in [0.25, 0.3) is 0 Å². The van der Waals surface area contributed by atoms with Crippen molar-refractivity contribution in [3.05, 3.63) is 0 Å². The van der Waals surface area contributed by atoms with Gasteiger partial charge in [-0.15, -0.1) is 0 Å². The molecule has 1 amide bonds. The van der Waals surface area contributed by atoms with E-state index >= 15 is 0 Å². The molecule has 3 heteroatoms. The van der Waals surface area contributed by atoms with Gasteiger partial charge in [0.2, 0.25) is 5.91 Å². The summed E-state index contributed by atoms with van der Waals surface area (Å²) in [6, 6.07) is -0.0232. The van der Waals surface area contributed by atoms with Crippen molar-refractivity contribution in [2.24, 2.45) is 5.92 Å². The van der Waals surface area contributed by atoms with Crippen LogP contribution in [0.3, 0.4) is 0 Å². The van der Waals surface area contributed by atoms with Gasteiger partial charge < -0.3 is 10.6 Å². The summed E-state index contributed by atoms with van der Waals surface area (Å²) in [4.78, 5) is 11.4. The van der Waals surface area contributed by atoms with E-state index < -0.39 is 0 Å². The van der Waals surface area contributed by atoms with Gasteiger partial charge in [-0.3, -0.25) is 4.79 Å². The Morgan fingerprint density at radius 1 is 1.38 bits per heavy atom. The van der Waals surface area contributed by atoms with Crippen LogP contribution in [0.1, 0.15) is 33.6 Å². The standard InChI is InChI=1S/C10H22N2O/c1-5-6-12-9(7-8(2)3)10(13)11-4/h8-9,12H,5-7H2,1-4H3,(H,11,13). The van der Waals surface area contributed by atoms with Gasteiger partial charge in [-0.1, -0.05) is 20.8 Å². The van der Waals surface area contributed by atoms with E-state index in [1.54, 1.807) is 7.05 Å². The lowest BCUT2D eigenvalue weighted by Gasteiger charge is -2.18. The van der Waals surface area contributed by atoms with Gasteiger partial charge in [-0.05, 0) is 25.3 Å². The Kier molecular flexibility index (Phi) is 6.59. The van der Waals surface area contributed by atoms with Crippen LogP contribution in [0, 0.1) is 5.92 Å². The van der Waals surface area contributed by atoms with Crippen molar-refractivity contribution < 1.29 is 4.79 Å². The van der Waals surface area contributed by atoms with E-state index in [1.807, 2.05) is 0 Å². The van der Waals surface area contributed by atoms with E-state index in [1.165, 1.54) is 0 Å². The van der Waals surface area contributed by atoms with Crippen LogP contribution in [-0.2, 0) is 4.79 Å². The molecule has 78 valence electrons. The Morgan fingerprint density at radius 3 is 2.38 bits per heavy atom. The van der Waals surface area contributed by atoms with E-state index in [4.69, 9.17) is 0 Å². The zero-order valence-corrected chi connectivity index (χ0v) is 9.18. The van der Waals surface area contributed by atoms with E-state index in [-0.39, 0.29) is 11.9 Å². The molecule has 1 unspecified atom stereocenters. The molecule has 0 heterocycles. The molecule has 0 aromatic carbocycles. The third kappa shape index (κ3) is 5.64. The normalized spacial score (nSPS) is 13.0. The second-order valence-electron chi connectivity index (χ2n) is 3.75. The van der Waals surface area contributed by atoms with Crippen LogP contribution in [-0.4, -0.2) is 25.5 Å². The molecule has 0 saturated carbocycles. The molecule has 0 rings (SSSR count). The Morgan fingerprint density at radius 2 is 2.00 bits per heavy atom. The highest BCUT2D eigenvalue weighted by atomic mass is 16.2. The minimum Gasteiger partial charge on any atom is -0.358 e. The van der Waals surface area contributed by atoms with Gasteiger partial charge in [0.05, 0.1) is 6.04 Å². The second-order valence-corrected chi connectivity index (χ2v) is 3.75. The monoisotopic (exact) mass is 186 g/mol. The highest BCUT2D eigenvalue weighted by Crippen LogP contribution is 2.04. The first-order valence-electron chi connectivity index (χ1n) is 5.06. The van der Waals surface area contributed by atoms with Crippen molar-refractivity contribution in [1.82, 2.24) is 10.6 Å². The van der Waals surface area contributed by atoms with Crippen LogP contribution in [0.2, 0.25) is 0 Å². The second kappa shape index (κ2) is 6.89. The lowest BCUT2D eigenvalue weighted by Crippen LogP contribution is -2.43. The number of carbonyl (C=O) groups excluding carboxylic acids is 1. The molecule has 0 aliphatic heterocycles. The summed E-state index contributed by atoms with van der Waals surface area (Å²) in [5.74, 6) is 0.647. The van der Waals surface area contributed by atoms with Crippen molar-refractivity contribution in [2.75, 3.05) is 13.6 Å². The topological polar surface area (TPSA) is 41.1 Å². The average molecular weight is 186 g/mol. The summed E-state index contributed by atoms with van der Waals surface area (Å²) in [6.45, 7) is 7.27. The van der Waals surface area contributed by atoms with E-state index in [0.29, 0.717) is 5.92 Å². The van der Waals surface area contributed by atoms with Gasteiger partial charge >= 0.3 is 0 Å². The molecule has 0 saturated heterocycles. The van der Waals surface area contributed by atoms with Crippen LogP contribution in [0.4, 0.5) is 0 Å². The smallest absolute Gasteiger partial charge is 0.236 e. The molecule has 1 atom stereocenters. The summed E-state index contributed by atoms with van der Waals surface area (Å²) in [7, 11) is 1.68. The Balaban J connectivity index is 3.94. The predicted octanol–water partition coefficient (Wildman–Crippen LogP) is 1.15. The maximum absolute atomic E-state index is 11.4. The fourth-order valence-electron chi connectivity index (χ4n) is 1.25. The van der Waals surface area contributed by atoms with Crippen molar-refractivity contribution >= 4 is 5.91 Å². The molecular weight excluding hydrogens is 164 g/mol. The molecule has 0 radical (unpaired) electrons. The van der Waals surface area contributed by atoms with Crippen LogP contribution in [0.25, 0.3) is 0 Å². The molecule has 0 aliphatic carbocycles. The Labute approximate surface area is 81.3 Å².